The number of pyridine rings is 1. The minimum atomic E-state index is -1.25. The number of hydrogen-bond donors (Lipinski definition) is 2. The zero-order valence-corrected chi connectivity index (χ0v) is 11.7. The molecule has 1 atom stereocenters. The molecule has 1 saturated heterocycles. The van der Waals surface area contributed by atoms with Gasteiger partial charge in [-0.15, -0.1) is 0 Å². The first-order chi connectivity index (χ1) is 9.80. The molecule has 1 aromatic rings. The molecule has 2 rings (SSSR count). The van der Waals surface area contributed by atoms with Gasteiger partial charge in [0.1, 0.15) is 0 Å². The first-order valence-corrected chi connectivity index (χ1v) is 6.65. The van der Waals surface area contributed by atoms with E-state index in [1.165, 1.54) is 0 Å². The lowest BCUT2D eigenvalue weighted by atomic mass is 9.98. The van der Waals surface area contributed by atoms with Crippen molar-refractivity contribution in [3.8, 4) is 0 Å². The predicted octanol–water partition coefficient (Wildman–Crippen LogP) is 1.43. The summed E-state index contributed by atoms with van der Waals surface area (Å²) in [6.07, 6.45) is 2.90. The van der Waals surface area contributed by atoms with E-state index < -0.39 is 16.5 Å². The molecule has 2 N–H and O–H groups in total. The third kappa shape index (κ3) is 3.46. The second-order valence-corrected chi connectivity index (χ2v) is 5.47. The fourth-order valence-corrected chi connectivity index (χ4v) is 2.42. The van der Waals surface area contributed by atoms with Crippen molar-refractivity contribution in [1.82, 2.24) is 4.98 Å². The van der Waals surface area contributed by atoms with E-state index in [1.54, 1.807) is 11.8 Å². The minimum absolute atomic E-state index is 0.155. The van der Waals surface area contributed by atoms with E-state index in [1.807, 2.05) is 0 Å². The number of rotatable bonds is 3. The highest BCUT2D eigenvalue weighted by molar-refractivity contribution is 5.88. The Labute approximate surface area is 121 Å². The van der Waals surface area contributed by atoms with Crippen LogP contribution >= 0.6 is 0 Å². The number of anilines is 1. The van der Waals surface area contributed by atoms with Gasteiger partial charge in [-0.2, -0.15) is 0 Å². The van der Waals surface area contributed by atoms with Crippen molar-refractivity contribution in [3.63, 3.8) is 0 Å². The van der Waals surface area contributed by atoms with Crippen LogP contribution in [0.2, 0.25) is 0 Å². The molecule has 1 aliphatic rings. The summed E-state index contributed by atoms with van der Waals surface area (Å²) in [6.45, 7) is 2.72. The van der Waals surface area contributed by atoms with E-state index in [9.17, 15) is 20.0 Å². The van der Waals surface area contributed by atoms with E-state index in [0.717, 1.165) is 12.3 Å². The number of hydrogen-bond acceptors (Lipinski definition) is 6. The Morgan fingerprint density at radius 1 is 1.48 bits per heavy atom. The van der Waals surface area contributed by atoms with Crippen molar-refractivity contribution in [2.45, 2.75) is 31.8 Å². The summed E-state index contributed by atoms with van der Waals surface area (Å²) in [7, 11) is 0. The van der Waals surface area contributed by atoms with Crippen molar-refractivity contribution in [3.05, 3.63) is 27.9 Å². The van der Waals surface area contributed by atoms with Crippen LogP contribution in [0.5, 0.6) is 0 Å². The quantitative estimate of drug-likeness (QED) is 0.639. The Hall–Kier alpha value is -2.22. The third-order valence-corrected chi connectivity index (χ3v) is 3.65. The lowest BCUT2D eigenvalue weighted by Gasteiger charge is -2.23. The number of nitro groups is 1. The first-order valence-electron chi connectivity index (χ1n) is 6.65. The van der Waals surface area contributed by atoms with Gasteiger partial charge in [0.25, 0.3) is 0 Å². The number of carbonyl (C=O) groups is 1. The predicted molar refractivity (Wildman–Crippen MR) is 74.5 cm³/mol. The van der Waals surface area contributed by atoms with Gasteiger partial charge in [0.15, 0.2) is 0 Å². The standard InChI is InChI=1S/C13H17N3O5/c1-13(19)3-2-5-15(6-4-13)11-10(16(20)21)7-9(8-14-11)12(17)18/h7-8,19H,2-6H2,1H3,(H,17,18). The molecular weight excluding hydrogens is 278 g/mol. The molecule has 1 fully saturated rings. The fraction of sp³-hybridized carbons (Fsp3) is 0.538. The van der Waals surface area contributed by atoms with Gasteiger partial charge in [-0.05, 0) is 26.2 Å². The molecule has 0 aromatic carbocycles. The molecule has 8 nitrogen and oxygen atoms in total. The smallest absolute Gasteiger partial charge is 0.337 e. The maximum absolute atomic E-state index is 11.1. The van der Waals surface area contributed by atoms with Crippen LogP contribution in [0, 0.1) is 10.1 Å². The maximum Gasteiger partial charge on any atom is 0.337 e. The van der Waals surface area contributed by atoms with Gasteiger partial charge in [-0.3, -0.25) is 10.1 Å². The Balaban J connectivity index is 2.34. The summed E-state index contributed by atoms with van der Waals surface area (Å²) in [5.41, 5.74) is -1.33. The van der Waals surface area contributed by atoms with Crippen LogP contribution in [0.15, 0.2) is 12.3 Å². The van der Waals surface area contributed by atoms with Gasteiger partial charge in [-0.1, -0.05) is 0 Å². The van der Waals surface area contributed by atoms with Crippen molar-refractivity contribution in [2.24, 2.45) is 0 Å². The molecular formula is C13H17N3O5. The van der Waals surface area contributed by atoms with Crippen molar-refractivity contribution in [1.29, 1.82) is 0 Å². The van der Waals surface area contributed by atoms with Crippen LogP contribution in [0.1, 0.15) is 36.5 Å². The highest BCUT2D eigenvalue weighted by Crippen LogP contribution is 2.30. The molecule has 0 saturated carbocycles. The number of aromatic carboxylic acids is 1. The molecule has 0 aliphatic carbocycles. The van der Waals surface area contributed by atoms with Crippen molar-refractivity contribution in [2.75, 3.05) is 18.0 Å². The van der Waals surface area contributed by atoms with Gasteiger partial charge in [-0.25, -0.2) is 9.78 Å². The Morgan fingerprint density at radius 2 is 2.19 bits per heavy atom. The molecule has 0 spiro atoms. The molecule has 114 valence electrons. The van der Waals surface area contributed by atoms with E-state index >= 15 is 0 Å². The molecule has 2 heterocycles. The first kappa shape index (κ1) is 15.2. The van der Waals surface area contributed by atoms with Crippen molar-refractivity contribution < 1.29 is 19.9 Å². The van der Waals surface area contributed by atoms with E-state index in [2.05, 4.69) is 4.98 Å². The second kappa shape index (κ2) is 5.65. The van der Waals surface area contributed by atoms with Gasteiger partial charge in [0, 0.05) is 25.4 Å². The fourth-order valence-electron chi connectivity index (χ4n) is 2.42. The lowest BCUT2D eigenvalue weighted by molar-refractivity contribution is -0.384. The molecule has 0 radical (unpaired) electrons. The normalized spacial score (nSPS) is 22.7. The van der Waals surface area contributed by atoms with Crippen LogP contribution in [0.3, 0.4) is 0 Å². The minimum Gasteiger partial charge on any atom is -0.478 e. The topological polar surface area (TPSA) is 117 Å². The number of carboxylic acid groups (broad SMARTS) is 1. The number of aromatic nitrogens is 1. The zero-order valence-electron chi connectivity index (χ0n) is 11.7. The molecule has 0 amide bonds. The summed E-state index contributed by atoms with van der Waals surface area (Å²) >= 11 is 0. The number of carboxylic acids is 1. The molecule has 1 aliphatic heterocycles. The van der Waals surface area contributed by atoms with Crippen LogP contribution < -0.4 is 4.90 Å². The van der Waals surface area contributed by atoms with E-state index in [-0.39, 0.29) is 17.1 Å². The largest absolute Gasteiger partial charge is 0.478 e. The highest BCUT2D eigenvalue weighted by atomic mass is 16.6. The van der Waals surface area contributed by atoms with Crippen LogP contribution in [0.4, 0.5) is 11.5 Å². The van der Waals surface area contributed by atoms with Gasteiger partial charge in [0.05, 0.1) is 16.1 Å². The highest BCUT2D eigenvalue weighted by Gasteiger charge is 2.29. The average molecular weight is 295 g/mol. The average Bonchev–Trinajstić information content (AvgIpc) is 2.59. The van der Waals surface area contributed by atoms with Crippen molar-refractivity contribution >= 4 is 17.5 Å². The van der Waals surface area contributed by atoms with E-state index in [4.69, 9.17) is 5.11 Å². The Bertz CT molecular complexity index is 573. The van der Waals surface area contributed by atoms with Crippen LogP contribution in [0.25, 0.3) is 0 Å². The molecule has 0 bridgehead atoms. The summed E-state index contributed by atoms with van der Waals surface area (Å²) < 4.78 is 0. The summed E-state index contributed by atoms with van der Waals surface area (Å²) in [4.78, 5) is 27.1. The molecule has 8 heteroatoms. The lowest BCUT2D eigenvalue weighted by Crippen LogP contribution is -2.29. The Kier molecular flexibility index (Phi) is 4.08. The maximum atomic E-state index is 11.1. The van der Waals surface area contributed by atoms with Crippen LogP contribution in [-0.4, -0.2) is 44.8 Å². The van der Waals surface area contributed by atoms with E-state index in [0.29, 0.717) is 32.4 Å². The Morgan fingerprint density at radius 3 is 2.81 bits per heavy atom. The van der Waals surface area contributed by atoms with Gasteiger partial charge in [0.2, 0.25) is 5.82 Å². The SMILES string of the molecule is CC1(O)CCCN(c2ncc(C(=O)O)cc2[N+](=O)[O-])CC1. The number of nitrogens with zero attached hydrogens (tertiary/aromatic N) is 3. The zero-order chi connectivity index (χ0) is 15.6. The summed E-state index contributed by atoms with van der Waals surface area (Å²) in [5, 5.41) is 30.1. The third-order valence-electron chi connectivity index (χ3n) is 3.65. The molecule has 1 unspecified atom stereocenters. The van der Waals surface area contributed by atoms with Gasteiger partial charge < -0.3 is 15.1 Å². The molecule has 1 aromatic heterocycles. The summed E-state index contributed by atoms with van der Waals surface area (Å²) in [5.74, 6) is -1.10. The van der Waals surface area contributed by atoms with Crippen LogP contribution in [-0.2, 0) is 0 Å². The second-order valence-electron chi connectivity index (χ2n) is 5.47. The van der Waals surface area contributed by atoms with Gasteiger partial charge >= 0.3 is 11.7 Å². The number of aliphatic hydroxyl groups is 1. The molecule has 21 heavy (non-hydrogen) atoms. The monoisotopic (exact) mass is 295 g/mol. The summed E-state index contributed by atoms with van der Waals surface area (Å²) in [6, 6.07) is 1.02.